The Morgan fingerprint density at radius 1 is 1.07 bits per heavy atom. The second-order valence-corrected chi connectivity index (χ2v) is 8.02. The quantitative estimate of drug-likeness (QED) is 0.700. The topological polar surface area (TPSA) is 52.9 Å². The molecule has 1 aliphatic heterocycles. The largest absolute Gasteiger partial charge is 0.508 e. The van der Waals surface area contributed by atoms with Gasteiger partial charge in [-0.1, -0.05) is 43.5 Å². The lowest BCUT2D eigenvalue weighted by atomic mass is 9.94. The fraction of sp³-hybridized carbons (Fsp3) is 0.273. The zero-order valence-electron chi connectivity index (χ0n) is 15.3. The number of nitrogens with zero attached hydrogens (tertiary/aromatic N) is 2. The molecule has 0 radical (unpaired) electrons. The molecule has 2 aromatic carbocycles. The Balaban J connectivity index is 1.71. The molecule has 2 fully saturated rings. The number of rotatable bonds is 3. The third kappa shape index (κ3) is 3.97. The Kier molecular flexibility index (Phi) is 5.48. The molecular weight excluding hydrogens is 375 g/mol. The Hall–Kier alpha value is -2.60. The van der Waals surface area contributed by atoms with Gasteiger partial charge in [0, 0.05) is 6.04 Å². The number of aliphatic imine (C=N–C) groups is 1. The average Bonchev–Trinajstić information content (AvgIpc) is 3.01. The van der Waals surface area contributed by atoms with Crippen LogP contribution in [0, 0.1) is 5.82 Å². The van der Waals surface area contributed by atoms with Gasteiger partial charge < -0.3 is 5.11 Å². The minimum atomic E-state index is -0.400. The molecule has 144 valence electrons. The van der Waals surface area contributed by atoms with E-state index in [1.54, 1.807) is 53.4 Å². The van der Waals surface area contributed by atoms with Gasteiger partial charge >= 0.3 is 0 Å². The van der Waals surface area contributed by atoms with Gasteiger partial charge in [-0.2, -0.15) is 0 Å². The van der Waals surface area contributed by atoms with E-state index >= 15 is 0 Å². The number of thioether (sulfide) groups is 1. The average molecular weight is 396 g/mol. The van der Waals surface area contributed by atoms with Crippen LogP contribution < -0.4 is 0 Å². The van der Waals surface area contributed by atoms with Crippen molar-refractivity contribution in [3.63, 3.8) is 0 Å². The molecule has 1 amide bonds. The summed E-state index contributed by atoms with van der Waals surface area (Å²) in [5, 5.41) is 9.99. The molecule has 0 bridgehead atoms. The number of halogens is 1. The van der Waals surface area contributed by atoms with E-state index in [9.17, 15) is 14.3 Å². The van der Waals surface area contributed by atoms with E-state index in [0.29, 0.717) is 10.1 Å². The molecule has 0 spiro atoms. The van der Waals surface area contributed by atoms with Crippen LogP contribution in [0.15, 0.2) is 58.4 Å². The van der Waals surface area contributed by atoms with Crippen LogP contribution in [0.25, 0.3) is 6.08 Å². The number of hydrogen-bond acceptors (Lipinski definition) is 4. The number of carbonyl (C=O) groups excluding carboxylic acids is 1. The minimum absolute atomic E-state index is 0.0833. The lowest BCUT2D eigenvalue weighted by molar-refractivity contribution is -0.124. The van der Waals surface area contributed by atoms with Crippen LogP contribution in [-0.2, 0) is 4.79 Å². The number of benzene rings is 2. The van der Waals surface area contributed by atoms with Crippen molar-refractivity contribution in [1.82, 2.24) is 4.90 Å². The van der Waals surface area contributed by atoms with Crippen molar-refractivity contribution in [2.45, 2.75) is 38.1 Å². The summed E-state index contributed by atoms with van der Waals surface area (Å²) in [4.78, 5) is 20.0. The summed E-state index contributed by atoms with van der Waals surface area (Å²) >= 11 is 1.28. The van der Waals surface area contributed by atoms with Gasteiger partial charge in [-0.3, -0.25) is 9.69 Å². The smallest absolute Gasteiger partial charge is 0.267 e. The number of phenols is 1. The van der Waals surface area contributed by atoms with Crippen molar-refractivity contribution in [3.05, 3.63) is 64.8 Å². The summed E-state index contributed by atoms with van der Waals surface area (Å²) in [6.07, 6.45) is 7.03. The highest BCUT2D eigenvalue weighted by Crippen LogP contribution is 2.38. The normalized spacial score (nSPS) is 21.0. The van der Waals surface area contributed by atoms with Crippen molar-refractivity contribution in [2.24, 2.45) is 4.99 Å². The van der Waals surface area contributed by atoms with Gasteiger partial charge in [0.1, 0.15) is 17.3 Å². The van der Waals surface area contributed by atoms with Gasteiger partial charge in [-0.25, -0.2) is 9.38 Å². The highest BCUT2D eigenvalue weighted by atomic mass is 32.2. The van der Waals surface area contributed by atoms with Crippen LogP contribution in [-0.4, -0.2) is 27.1 Å². The van der Waals surface area contributed by atoms with Gasteiger partial charge in [0.25, 0.3) is 5.91 Å². The van der Waals surface area contributed by atoms with Crippen molar-refractivity contribution in [1.29, 1.82) is 0 Å². The number of aromatic hydroxyl groups is 1. The van der Waals surface area contributed by atoms with Gasteiger partial charge in [0.05, 0.1) is 4.91 Å². The fourth-order valence-electron chi connectivity index (χ4n) is 3.59. The molecule has 0 atom stereocenters. The lowest BCUT2D eigenvalue weighted by Gasteiger charge is -2.30. The van der Waals surface area contributed by atoms with Crippen molar-refractivity contribution >= 4 is 34.6 Å². The first-order chi connectivity index (χ1) is 13.6. The maximum atomic E-state index is 14.1. The van der Waals surface area contributed by atoms with E-state index in [0.717, 1.165) is 31.2 Å². The Morgan fingerprint density at radius 3 is 2.50 bits per heavy atom. The molecule has 6 heteroatoms. The zero-order chi connectivity index (χ0) is 19.5. The van der Waals surface area contributed by atoms with Crippen LogP contribution in [0.1, 0.15) is 37.7 Å². The molecule has 1 heterocycles. The van der Waals surface area contributed by atoms with Gasteiger partial charge in [0.2, 0.25) is 0 Å². The van der Waals surface area contributed by atoms with Gasteiger partial charge in [-0.05, 0) is 60.5 Å². The molecule has 2 aromatic rings. The maximum Gasteiger partial charge on any atom is 0.267 e. The monoisotopic (exact) mass is 396 g/mol. The first-order valence-corrected chi connectivity index (χ1v) is 10.3. The van der Waals surface area contributed by atoms with E-state index in [1.165, 1.54) is 24.2 Å². The Labute approximate surface area is 167 Å². The predicted octanol–water partition coefficient (Wildman–Crippen LogP) is 5.47. The van der Waals surface area contributed by atoms with Crippen molar-refractivity contribution in [3.8, 4) is 5.75 Å². The Bertz CT molecular complexity index is 934. The number of para-hydroxylation sites is 1. The van der Waals surface area contributed by atoms with Gasteiger partial charge in [0.15, 0.2) is 5.17 Å². The molecular formula is C22H21FN2O2S. The molecule has 28 heavy (non-hydrogen) atoms. The molecule has 4 nitrogen and oxygen atoms in total. The molecule has 1 saturated heterocycles. The van der Waals surface area contributed by atoms with Crippen LogP contribution >= 0.6 is 11.8 Å². The van der Waals surface area contributed by atoms with E-state index in [4.69, 9.17) is 0 Å². The van der Waals surface area contributed by atoms with E-state index < -0.39 is 5.82 Å². The highest BCUT2D eigenvalue weighted by molar-refractivity contribution is 8.18. The number of carbonyl (C=O) groups is 1. The van der Waals surface area contributed by atoms with Gasteiger partial charge in [-0.15, -0.1) is 0 Å². The summed E-state index contributed by atoms with van der Waals surface area (Å²) in [5.74, 6) is -0.305. The van der Waals surface area contributed by atoms with Crippen molar-refractivity contribution < 1.29 is 14.3 Å². The van der Waals surface area contributed by atoms with Crippen LogP contribution in [0.3, 0.4) is 0 Å². The molecule has 2 aliphatic rings. The molecule has 0 aromatic heterocycles. The second kappa shape index (κ2) is 8.19. The lowest BCUT2D eigenvalue weighted by Crippen LogP contribution is -2.40. The third-order valence-corrected chi connectivity index (χ3v) is 6.02. The van der Waals surface area contributed by atoms with Crippen LogP contribution in [0.4, 0.5) is 10.1 Å². The number of hydrogen-bond donors (Lipinski definition) is 1. The first kappa shape index (κ1) is 18.7. The molecule has 1 aliphatic carbocycles. The third-order valence-electron chi connectivity index (χ3n) is 5.04. The molecule has 4 rings (SSSR count). The summed E-state index contributed by atoms with van der Waals surface area (Å²) < 4.78 is 14.1. The SMILES string of the molecule is O=C1/C(=C/c2ccc(O)cc2)SC(=Nc2ccccc2F)N1C1CCCCC1. The van der Waals surface area contributed by atoms with Crippen LogP contribution in [0.5, 0.6) is 5.75 Å². The fourth-order valence-corrected chi connectivity index (χ4v) is 4.64. The first-order valence-electron chi connectivity index (χ1n) is 9.47. The van der Waals surface area contributed by atoms with E-state index in [1.807, 2.05) is 0 Å². The summed E-state index contributed by atoms with van der Waals surface area (Å²) in [6.45, 7) is 0. The Morgan fingerprint density at radius 2 is 1.79 bits per heavy atom. The number of phenolic OH excluding ortho intramolecular Hbond substituents is 1. The van der Waals surface area contributed by atoms with Crippen LogP contribution in [0.2, 0.25) is 0 Å². The summed E-state index contributed by atoms with van der Waals surface area (Å²) in [6, 6.07) is 13.1. The van der Waals surface area contributed by atoms with Crippen molar-refractivity contribution in [2.75, 3.05) is 0 Å². The molecule has 0 unspecified atom stereocenters. The van der Waals surface area contributed by atoms with E-state index in [-0.39, 0.29) is 23.4 Å². The highest BCUT2D eigenvalue weighted by Gasteiger charge is 2.38. The summed E-state index contributed by atoms with van der Waals surface area (Å²) in [5.41, 5.74) is 1.06. The molecule has 1 N–H and O–H groups in total. The standard InChI is InChI=1S/C22H21FN2O2S/c23-18-8-4-5-9-19(18)24-22-25(16-6-2-1-3-7-16)21(27)20(28-22)14-15-10-12-17(26)13-11-15/h4-5,8-14,16,26H,1-3,6-7H2/b20-14-,24-22?. The van der Waals surface area contributed by atoms with E-state index in [2.05, 4.69) is 4.99 Å². The molecule has 1 saturated carbocycles. The maximum absolute atomic E-state index is 14.1. The minimum Gasteiger partial charge on any atom is -0.508 e. The zero-order valence-corrected chi connectivity index (χ0v) is 16.2. The second-order valence-electron chi connectivity index (χ2n) is 7.01. The predicted molar refractivity (Wildman–Crippen MR) is 111 cm³/mol. The number of amides is 1. The summed E-state index contributed by atoms with van der Waals surface area (Å²) in [7, 11) is 0. The number of amidine groups is 1.